The van der Waals surface area contributed by atoms with Crippen LogP contribution in [0.3, 0.4) is 0 Å². The van der Waals surface area contributed by atoms with E-state index in [9.17, 15) is 4.79 Å². The number of hydrogen-bond donors (Lipinski definition) is 0. The van der Waals surface area contributed by atoms with Crippen molar-refractivity contribution in [2.45, 2.75) is 64.5 Å². The zero-order chi connectivity index (χ0) is 26.8. The molecule has 4 aliphatic rings. The molecule has 2 fully saturated rings. The van der Waals surface area contributed by atoms with Gasteiger partial charge < -0.3 is 4.57 Å². The van der Waals surface area contributed by atoms with Crippen LogP contribution in [0, 0.1) is 11.8 Å². The van der Waals surface area contributed by atoms with Crippen molar-refractivity contribution in [1.82, 2.24) is 9.47 Å². The molecule has 0 bridgehead atoms. The van der Waals surface area contributed by atoms with E-state index in [0.717, 1.165) is 74.3 Å². The fourth-order valence-corrected chi connectivity index (χ4v) is 8.03. The number of carbonyl (C=O) groups excluding carboxylic acids is 1. The predicted octanol–water partition coefficient (Wildman–Crippen LogP) is 8.52. The lowest BCUT2D eigenvalue weighted by molar-refractivity contribution is 0.0830. The van der Waals surface area contributed by atoms with Gasteiger partial charge in [-0.3, -0.25) is 9.69 Å². The van der Waals surface area contributed by atoms with Gasteiger partial charge in [-0.15, -0.1) is 0 Å². The van der Waals surface area contributed by atoms with Gasteiger partial charge in [0, 0.05) is 41.7 Å². The Morgan fingerprint density at radius 3 is 2.60 bits per heavy atom. The normalized spacial score (nSPS) is 21.8. The Hall–Kier alpha value is -3.43. The fourth-order valence-electron chi connectivity index (χ4n) is 8.03. The summed E-state index contributed by atoms with van der Waals surface area (Å²) in [6.45, 7) is 6.41. The van der Waals surface area contributed by atoms with E-state index >= 15 is 0 Å². The second-order valence-electron chi connectivity index (χ2n) is 12.5. The topological polar surface area (TPSA) is 25.2 Å². The van der Waals surface area contributed by atoms with Gasteiger partial charge in [-0.1, -0.05) is 60.2 Å². The maximum absolute atomic E-state index is 14.3. The van der Waals surface area contributed by atoms with Gasteiger partial charge >= 0.3 is 0 Å². The molecule has 3 heteroatoms. The molecule has 1 aromatic heterocycles. The summed E-state index contributed by atoms with van der Waals surface area (Å²) in [5.74, 6) is 1.59. The molecule has 8 rings (SSSR count). The molecule has 1 saturated carbocycles. The monoisotopic (exact) mass is 526 g/mol. The zero-order valence-electron chi connectivity index (χ0n) is 23.5. The molecule has 3 nitrogen and oxygen atoms in total. The summed E-state index contributed by atoms with van der Waals surface area (Å²) in [4.78, 5) is 17.0. The lowest BCUT2D eigenvalue weighted by Crippen LogP contribution is -2.40. The lowest BCUT2D eigenvalue weighted by Gasteiger charge is -2.40. The summed E-state index contributed by atoms with van der Waals surface area (Å²) < 4.78 is 2.40. The van der Waals surface area contributed by atoms with Crippen molar-refractivity contribution in [3.8, 4) is 0 Å². The molecular formula is C37H38N2O. The quantitative estimate of drug-likeness (QED) is 0.260. The fraction of sp³-hybridized carbons (Fsp3) is 0.378. The van der Waals surface area contributed by atoms with E-state index in [-0.39, 0.29) is 5.92 Å². The standard InChI is InChI=1S/C37H38N2O/c1-2-39-20-17-30-33(26-11-12-26)21-24(22-34(30)39)23-38-18-15-27(16-19-38)35-31-10-6-5-9-29(31)32-14-13-25-7-3-4-8-28(25)36(32)37(35)40/h3-5,7-9,13-14,17,20-22,26-27,35H,2,6,10-12,15-16,18-19,23H2,1H3. The summed E-state index contributed by atoms with van der Waals surface area (Å²) in [7, 11) is 0. The Labute approximate surface area is 237 Å². The van der Waals surface area contributed by atoms with Crippen molar-refractivity contribution >= 4 is 33.0 Å². The summed E-state index contributed by atoms with van der Waals surface area (Å²) in [6.07, 6.45) is 13.8. The Balaban J connectivity index is 1.06. The Morgan fingerprint density at radius 1 is 0.925 bits per heavy atom. The molecule has 0 N–H and O–H groups in total. The molecular weight excluding hydrogens is 488 g/mol. The van der Waals surface area contributed by atoms with Gasteiger partial charge in [-0.25, -0.2) is 0 Å². The number of carbonyl (C=O) groups is 1. The molecule has 1 atom stereocenters. The second kappa shape index (κ2) is 9.59. The van der Waals surface area contributed by atoms with Crippen LogP contribution in [-0.4, -0.2) is 28.3 Å². The van der Waals surface area contributed by atoms with Crippen LogP contribution in [0.15, 0.2) is 78.5 Å². The molecule has 1 saturated heterocycles. The van der Waals surface area contributed by atoms with Crippen molar-refractivity contribution in [2.75, 3.05) is 13.1 Å². The molecule has 1 aliphatic heterocycles. The largest absolute Gasteiger partial charge is 0.348 e. The smallest absolute Gasteiger partial charge is 0.171 e. The number of benzene rings is 3. The van der Waals surface area contributed by atoms with Crippen molar-refractivity contribution in [3.05, 3.63) is 101 Å². The van der Waals surface area contributed by atoms with Crippen LogP contribution in [0.2, 0.25) is 0 Å². The molecule has 3 aliphatic carbocycles. The Morgan fingerprint density at radius 2 is 1.77 bits per heavy atom. The molecule has 40 heavy (non-hydrogen) atoms. The number of aryl methyl sites for hydroxylation is 1. The summed E-state index contributed by atoms with van der Waals surface area (Å²) in [5, 5.41) is 3.75. The van der Waals surface area contributed by atoms with Crippen LogP contribution in [0.5, 0.6) is 0 Å². The van der Waals surface area contributed by atoms with Gasteiger partial charge in [-0.2, -0.15) is 0 Å². The van der Waals surface area contributed by atoms with Crippen molar-refractivity contribution in [2.24, 2.45) is 11.8 Å². The number of piperidine rings is 1. The predicted molar refractivity (Wildman–Crippen MR) is 165 cm³/mol. The van der Waals surface area contributed by atoms with Crippen molar-refractivity contribution < 1.29 is 4.79 Å². The van der Waals surface area contributed by atoms with Crippen LogP contribution in [0.4, 0.5) is 0 Å². The minimum Gasteiger partial charge on any atom is -0.348 e. The number of rotatable bonds is 5. The van der Waals surface area contributed by atoms with Crippen LogP contribution >= 0.6 is 0 Å². The number of ketones is 1. The van der Waals surface area contributed by atoms with Gasteiger partial charge in [0.1, 0.15) is 0 Å². The highest BCUT2D eigenvalue weighted by Crippen LogP contribution is 2.47. The first-order valence-corrected chi connectivity index (χ1v) is 15.5. The summed E-state index contributed by atoms with van der Waals surface area (Å²) in [5.41, 5.74) is 9.29. The third-order valence-corrected chi connectivity index (χ3v) is 10.2. The van der Waals surface area contributed by atoms with E-state index in [0.29, 0.717) is 11.7 Å². The SMILES string of the molecule is CCn1ccc2c(C3CC3)cc(CN3CCC(C4C(=O)c5c(ccc6ccccc56)C5=C4CCC=C5)CC3)cc21. The van der Waals surface area contributed by atoms with Gasteiger partial charge in [0.2, 0.25) is 0 Å². The maximum Gasteiger partial charge on any atom is 0.171 e. The van der Waals surface area contributed by atoms with E-state index < -0.39 is 0 Å². The van der Waals surface area contributed by atoms with Gasteiger partial charge in [0.25, 0.3) is 0 Å². The number of allylic oxidation sites excluding steroid dienone is 4. The highest BCUT2D eigenvalue weighted by molar-refractivity contribution is 6.17. The molecule has 0 radical (unpaired) electrons. The molecule has 202 valence electrons. The van der Waals surface area contributed by atoms with Gasteiger partial charge in [0.05, 0.1) is 0 Å². The maximum atomic E-state index is 14.3. The van der Waals surface area contributed by atoms with Crippen LogP contribution in [-0.2, 0) is 13.1 Å². The van der Waals surface area contributed by atoms with E-state index in [4.69, 9.17) is 0 Å². The highest BCUT2D eigenvalue weighted by Gasteiger charge is 2.40. The van der Waals surface area contributed by atoms with Crippen LogP contribution in [0.25, 0.3) is 27.2 Å². The van der Waals surface area contributed by atoms with Crippen molar-refractivity contribution in [1.29, 1.82) is 0 Å². The summed E-state index contributed by atoms with van der Waals surface area (Å²) >= 11 is 0. The second-order valence-corrected chi connectivity index (χ2v) is 12.5. The first kappa shape index (κ1) is 24.4. The number of aromatic nitrogens is 1. The molecule has 0 amide bonds. The Bertz CT molecular complexity index is 1710. The van der Waals surface area contributed by atoms with E-state index in [1.165, 1.54) is 45.8 Å². The molecule has 0 spiro atoms. The average molecular weight is 527 g/mol. The van der Waals surface area contributed by atoms with Crippen molar-refractivity contribution in [3.63, 3.8) is 0 Å². The molecule has 2 heterocycles. The highest BCUT2D eigenvalue weighted by atomic mass is 16.1. The lowest BCUT2D eigenvalue weighted by atomic mass is 9.66. The van der Waals surface area contributed by atoms with E-state index in [2.05, 4.69) is 89.3 Å². The molecule has 3 aromatic carbocycles. The minimum atomic E-state index is 0.0334. The molecule has 1 unspecified atom stereocenters. The third-order valence-electron chi connectivity index (χ3n) is 10.2. The Kier molecular flexibility index (Phi) is 5.84. The van der Waals surface area contributed by atoms with Gasteiger partial charge in [0.15, 0.2) is 5.78 Å². The first-order valence-electron chi connectivity index (χ1n) is 15.5. The number of fused-ring (bicyclic) bond motifs is 5. The number of Topliss-reactive ketones (excluding diaryl/α,β-unsaturated/α-hetero) is 1. The number of nitrogens with zero attached hydrogens (tertiary/aromatic N) is 2. The summed E-state index contributed by atoms with van der Waals surface area (Å²) in [6, 6.07) is 20.1. The van der Waals surface area contributed by atoms with Crippen LogP contribution < -0.4 is 0 Å². The van der Waals surface area contributed by atoms with Gasteiger partial charge in [-0.05, 0) is 116 Å². The first-order chi connectivity index (χ1) is 19.7. The van der Waals surface area contributed by atoms with Crippen LogP contribution in [0.1, 0.15) is 78.4 Å². The third kappa shape index (κ3) is 3.93. The van der Waals surface area contributed by atoms with E-state index in [1.807, 2.05) is 0 Å². The van der Waals surface area contributed by atoms with E-state index in [1.54, 1.807) is 5.56 Å². The number of hydrogen-bond acceptors (Lipinski definition) is 2. The average Bonchev–Trinajstić information content (AvgIpc) is 3.76. The minimum absolute atomic E-state index is 0.0334. The molecule has 4 aromatic rings. The zero-order valence-corrected chi connectivity index (χ0v) is 23.5. The number of likely N-dealkylation sites (tertiary alicyclic amines) is 1.